The summed E-state index contributed by atoms with van der Waals surface area (Å²) < 4.78 is 46.4. The maximum absolute atomic E-state index is 14.1. The first kappa shape index (κ1) is 23.7. The van der Waals surface area contributed by atoms with Gasteiger partial charge in [-0.15, -0.1) is 0 Å². The van der Waals surface area contributed by atoms with E-state index in [0.29, 0.717) is 34.3 Å². The van der Waals surface area contributed by atoms with Gasteiger partial charge in [-0.1, -0.05) is 12.1 Å². The van der Waals surface area contributed by atoms with Crippen LogP contribution in [0.3, 0.4) is 0 Å². The maximum Gasteiger partial charge on any atom is 0.231 e. The Hall–Kier alpha value is -3.98. The van der Waals surface area contributed by atoms with Crippen molar-refractivity contribution in [2.24, 2.45) is 5.73 Å². The van der Waals surface area contributed by atoms with E-state index in [4.69, 9.17) is 19.9 Å². The number of carbonyl (C=O) groups excluding carboxylic acids is 1. The van der Waals surface area contributed by atoms with Crippen molar-refractivity contribution in [2.45, 2.75) is 32.8 Å². The molecule has 0 spiro atoms. The van der Waals surface area contributed by atoms with Crippen LogP contribution < -0.4 is 19.9 Å². The third-order valence-corrected chi connectivity index (χ3v) is 6.28. The minimum atomic E-state index is -0.689. The zero-order chi connectivity index (χ0) is 25.4. The number of pyridine rings is 1. The van der Waals surface area contributed by atoms with Crippen LogP contribution in [0.5, 0.6) is 17.2 Å². The molecule has 36 heavy (non-hydrogen) atoms. The van der Waals surface area contributed by atoms with Gasteiger partial charge in [0, 0.05) is 18.5 Å². The quantitative estimate of drug-likeness (QED) is 0.353. The Morgan fingerprint density at radius 3 is 2.64 bits per heavy atom. The van der Waals surface area contributed by atoms with Gasteiger partial charge in [0.25, 0.3) is 0 Å². The van der Waals surface area contributed by atoms with Gasteiger partial charge in [0.2, 0.25) is 6.79 Å². The molecule has 2 aromatic heterocycles. The molecule has 1 aliphatic rings. The van der Waals surface area contributed by atoms with E-state index >= 15 is 0 Å². The molecule has 2 aromatic carbocycles. The van der Waals surface area contributed by atoms with Gasteiger partial charge in [0.15, 0.2) is 28.7 Å². The highest BCUT2D eigenvalue weighted by atomic mass is 19.1. The first-order chi connectivity index (χ1) is 17.4. The van der Waals surface area contributed by atoms with Gasteiger partial charge in [-0.3, -0.25) is 9.20 Å². The molecule has 9 heteroatoms. The number of carbonyl (C=O) groups is 1. The number of fused-ring (bicyclic) bond motifs is 2. The summed E-state index contributed by atoms with van der Waals surface area (Å²) in [5.41, 5.74) is 8.87. The molecule has 0 fully saturated rings. The lowest BCUT2D eigenvalue weighted by Crippen LogP contribution is -2.18. The monoisotopic (exact) mass is 493 g/mol. The first-order valence-corrected chi connectivity index (χ1v) is 11.5. The highest BCUT2D eigenvalue weighted by Gasteiger charge is 2.25. The number of Topliss-reactive ketones (excluding diaryl/α,β-unsaturated/α-hetero) is 1. The van der Waals surface area contributed by atoms with Gasteiger partial charge in [-0.25, -0.2) is 13.8 Å². The highest BCUT2D eigenvalue weighted by Crippen LogP contribution is 2.36. The van der Waals surface area contributed by atoms with Crippen molar-refractivity contribution < 1.29 is 27.8 Å². The molecule has 186 valence electrons. The van der Waals surface area contributed by atoms with Crippen LogP contribution in [0.4, 0.5) is 8.78 Å². The normalized spacial score (nSPS) is 13.2. The predicted molar refractivity (Wildman–Crippen MR) is 129 cm³/mol. The topological polar surface area (TPSA) is 88.1 Å². The zero-order valence-electron chi connectivity index (χ0n) is 19.9. The number of aromatic nitrogens is 2. The third kappa shape index (κ3) is 4.37. The molecule has 1 unspecified atom stereocenters. The Kier molecular flexibility index (Phi) is 6.32. The van der Waals surface area contributed by atoms with Crippen LogP contribution in [0.25, 0.3) is 5.65 Å². The SMILES string of the molecule is Cc1cc(OCc2c(F)cccc2F)c2nc(C)c(C(=O)CC(CN)c3ccc4c(c3)OCO4)n2c1. The lowest BCUT2D eigenvalue weighted by atomic mass is 9.92. The number of ether oxygens (including phenoxy) is 3. The second kappa shape index (κ2) is 9.58. The molecular weight excluding hydrogens is 468 g/mol. The minimum Gasteiger partial charge on any atom is -0.485 e. The Balaban J connectivity index is 1.44. The summed E-state index contributed by atoms with van der Waals surface area (Å²) >= 11 is 0. The van der Waals surface area contributed by atoms with Gasteiger partial charge in [-0.2, -0.15) is 0 Å². The van der Waals surface area contributed by atoms with Crippen LogP contribution >= 0.6 is 0 Å². The van der Waals surface area contributed by atoms with E-state index in [-0.39, 0.29) is 43.6 Å². The van der Waals surface area contributed by atoms with Crippen LogP contribution in [-0.2, 0) is 6.61 Å². The molecule has 0 radical (unpaired) electrons. The van der Waals surface area contributed by atoms with Crippen molar-refractivity contribution in [1.29, 1.82) is 0 Å². The zero-order valence-corrected chi connectivity index (χ0v) is 19.9. The number of aryl methyl sites for hydroxylation is 2. The fourth-order valence-electron chi connectivity index (χ4n) is 4.44. The predicted octanol–water partition coefficient (Wildman–Crippen LogP) is 4.85. The second-order valence-electron chi connectivity index (χ2n) is 8.78. The summed E-state index contributed by atoms with van der Waals surface area (Å²) in [6, 6.07) is 10.9. The number of benzene rings is 2. The molecule has 3 heterocycles. The number of nitrogens with zero attached hydrogens (tertiary/aromatic N) is 2. The van der Waals surface area contributed by atoms with Gasteiger partial charge >= 0.3 is 0 Å². The number of ketones is 1. The molecule has 4 aromatic rings. The molecule has 0 amide bonds. The van der Waals surface area contributed by atoms with Crippen molar-refractivity contribution in [3.05, 3.63) is 88.4 Å². The van der Waals surface area contributed by atoms with E-state index in [1.807, 2.05) is 25.1 Å². The van der Waals surface area contributed by atoms with E-state index in [1.54, 1.807) is 23.6 Å². The van der Waals surface area contributed by atoms with Crippen molar-refractivity contribution in [3.8, 4) is 17.2 Å². The van der Waals surface area contributed by atoms with Gasteiger partial charge < -0.3 is 19.9 Å². The number of hydrogen-bond acceptors (Lipinski definition) is 6. The number of hydrogen-bond donors (Lipinski definition) is 1. The standard InChI is InChI=1S/C27H25F2N3O4/c1-15-8-25(34-13-19-20(28)4-3-5-21(19)29)27-31-16(2)26(32(27)12-15)22(33)9-18(11-30)17-6-7-23-24(10-17)36-14-35-23/h3-8,10,12,18H,9,11,13-14,30H2,1-2H3. The molecule has 1 aliphatic heterocycles. The molecule has 1 atom stereocenters. The van der Waals surface area contributed by atoms with Gasteiger partial charge in [-0.05, 0) is 61.9 Å². The molecule has 0 aliphatic carbocycles. The smallest absolute Gasteiger partial charge is 0.231 e. The Morgan fingerprint density at radius 2 is 1.89 bits per heavy atom. The highest BCUT2D eigenvalue weighted by molar-refractivity contribution is 5.97. The van der Waals surface area contributed by atoms with E-state index in [1.165, 1.54) is 18.2 Å². The van der Waals surface area contributed by atoms with Crippen molar-refractivity contribution in [1.82, 2.24) is 9.38 Å². The average Bonchev–Trinajstić information content (AvgIpc) is 3.45. The molecule has 0 saturated carbocycles. The van der Waals surface area contributed by atoms with E-state index in [0.717, 1.165) is 11.1 Å². The Labute approximate surface area is 206 Å². The summed E-state index contributed by atoms with van der Waals surface area (Å²) in [4.78, 5) is 18.0. The molecule has 0 saturated heterocycles. The molecule has 2 N–H and O–H groups in total. The third-order valence-electron chi connectivity index (χ3n) is 6.28. The van der Waals surface area contributed by atoms with Crippen molar-refractivity contribution in [2.75, 3.05) is 13.3 Å². The summed E-state index contributed by atoms with van der Waals surface area (Å²) in [6.45, 7) is 3.71. The Bertz CT molecular complexity index is 1450. The fraction of sp³-hybridized carbons (Fsp3) is 0.259. The maximum atomic E-state index is 14.1. The number of rotatable bonds is 8. The van der Waals surface area contributed by atoms with Crippen LogP contribution in [0.15, 0.2) is 48.7 Å². The van der Waals surface area contributed by atoms with Crippen LogP contribution in [0.2, 0.25) is 0 Å². The number of nitrogens with two attached hydrogens (primary N) is 1. The second-order valence-corrected chi connectivity index (χ2v) is 8.78. The van der Waals surface area contributed by atoms with Crippen LogP contribution in [-0.4, -0.2) is 28.5 Å². The summed E-state index contributed by atoms with van der Waals surface area (Å²) in [5.74, 6) is -0.127. The molecule has 7 nitrogen and oxygen atoms in total. The van der Waals surface area contributed by atoms with Crippen LogP contribution in [0.1, 0.15) is 45.2 Å². The first-order valence-electron chi connectivity index (χ1n) is 11.5. The van der Waals surface area contributed by atoms with E-state index in [9.17, 15) is 13.6 Å². The number of imidazole rings is 1. The van der Waals surface area contributed by atoms with Gasteiger partial charge in [0.05, 0.1) is 11.3 Å². The summed E-state index contributed by atoms with van der Waals surface area (Å²) in [5, 5.41) is 0. The van der Waals surface area contributed by atoms with E-state index < -0.39 is 11.6 Å². The average molecular weight is 494 g/mol. The minimum absolute atomic E-state index is 0.134. The lowest BCUT2D eigenvalue weighted by Gasteiger charge is -2.15. The number of halogens is 2. The summed E-state index contributed by atoms with van der Waals surface area (Å²) in [6.07, 6.45) is 1.95. The molecular formula is C27H25F2N3O4. The molecule has 0 bridgehead atoms. The Morgan fingerprint density at radius 1 is 1.14 bits per heavy atom. The van der Waals surface area contributed by atoms with E-state index in [2.05, 4.69) is 4.98 Å². The lowest BCUT2D eigenvalue weighted by molar-refractivity contribution is 0.0968. The fourth-order valence-corrected chi connectivity index (χ4v) is 4.44. The largest absolute Gasteiger partial charge is 0.485 e. The van der Waals surface area contributed by atoms with Crippen LogP contribution in [0, 0.1) is 25.5 Å². The van der Waals surface area contributed by atoms with Crippen molar-refractivity contribution in [3.63, 3.8) is 0 Å². The van der Waals surface area contributed by atoms with Gasteiger partial charge in [0.1, 0.15) is 23.9 Å². The molecule has 5 rings (SSSR count). The summed E-state index contributed by atoms with van der Waals surface area (Å²) in [7, 11) is 0. The van der Waals surface area contributed by atoms with Crippen molar-refractivity contribution >= 4 is 11.4 Å².